The largest absolute Gasteiger partial charge is 0.393 e. The van der Waals surface area contributed by atoms with Crippen molar-refractivity contribution in [3.8, 4) is 0 Å². The third-order valence-corrected chi connectivity index (χ3v) is 5.51. The number of hydrogen-bond acceptors (Lipinski definition) is 6. The van der Waals surface area contributed by atoms with Crippen LogP contribution in [0, 0.1) is 0 Å². The molecule has 1 heterocycles. The summed E-state index contributed by atoms with van der Waals surface area (Å²) in [5.74, 6) is 0.0190. The molecule has 1 fully saturated rings. The van der Waals surface area contributed by atoms with Crippen LogP contribution in [-0.2, 0) is 11.2 Å². The molecule has 1 saturated heterocycles. The number of nitrogens with zero attached hydrogens (tertiary/aromatic N) is 1. The van der Waals surface area contributed by atoms with Gasteiger partial charge in [0.2, 0.25) is 5.91 Å². The zero-order chi connectivity index (χ0) is 21.0. The number of aryl methyl sites for hydroxylation is 1. The Labute approximate surface area is 169 Å². The van der Waals surface area contributed by atoms with Gasteiger partial charge in [0.25, 0.3) is 0 Å². The Morgan fingerprint density at radius 1 is 1.00 bits per heavy atom. The molecule has 2 unspecified atom stereocenters. The van der Waals surface area contributed by atoms with Crippen LogP contribution >= 0.6 is 0 Å². The summed E-state index contributed by atoms with van der Waals surface area (Å²) in [5, 5.41) is 47.0. The molecule has 3 rings (SSSR count). The first-order chi connectivity index (χ1) is 13.9. The van der Waals surface area contributed by atoms with Gasteiger partial charge in [0.15, 0.2) is 0 Å². The van der Waals surface area contributed by atoms with E-state index in [2.05, 4.69) is 0 Å². The number of aliphatic hydroxyl groups is 5. The van der Waals surface area contributed by atoms with Gasteiger partial charge in [0.05, 0.1) is 32.3 Å². The topological polar surface area (TPSA) is 121 Å². The second-order valence-corrected chi connectivity index (χ2v) is 7.56. The molecule has 7 nitrogen and oxygen atoms in total. The molecule has 29 heavy (non-hydrogen) atoms. The molecular formula is C22H27NO6. The first kappa shape index (κ1) is 21.4. The number of anilines is 1. The molecule has 2 atom stereocenters. The second-order valence-electron chi connectivity index (χ2n) is 7.56. The summed E-state index contributed by atoms with van der Waals surface area (Å²) in [5.41, 5.74) is 1.81. The predicted molar refractivity (Wildman–Crippen MR) is 107 cm³/mol. The van der Waals surface area contributed by atoms with Crippen LogP contribution in [0.2, 0.25) is 0 Å². The Balaban J connectivity index is 1.68. The van der Waals surface area contributed by atoms with E-state index >= 15 is 0 Å². The minimum Gasteiger partial charge on any atom is -0.393 e. The number of carbonyl (C=O) groups is 1. The highest BCUT2D eigenvalue weighted by Crippen LogP contribution is 2.39. The van der Waals surface area contributed by atoms with E-state index in [0.717, 1.165) is 16.8 Å². The van der Waals surface area contributed by atoms with Crippen molar-refractivity contribution >= 4 is 11.6 Å². The van der Waals surface area contributed by atoms with E-state index in [-0.39, 0.29) is 25.0 Å². The lowest BCUT2D eigenvalue weighted by atomic mass is 9.91. The number of benzene rings is 2. The summed E-state index contributed by atoms with van der Waals surface area (Å²) in [6.45, 7) is -1.34. The number of rotatable bonds is 9. The average Bonchev–Trinajstić information content (AvgIpc) is 2.76. The summed E-state index contributed by atoms with van der Waals surface area (Å²) in [4.78, 5) is 13.9. The minimum absolute atomic E-state index is 0.0190. The Bertz CT molecular complexity index is 816. The Hall–Kier alpha value is -2.29. The highest BCUT2D eigenvalue weighted by atomic mass is 16.4. The SMILES string of the molecule is O=C1CC(c2ccc(CCC(O)(CO)CO)cc2)N1c1ccc(C(O)CO)cc1. The van der Waals surface area contributed by atoms with E-state index < -0.39 is 24.9 Å². The Morgan fingerprint density at radius 2 is 1.62 bits per heavy atom. The van der Waals surface area contributed by atoms with Crippen molar-refractivity contribution in [1.82, 2.24) is 0 Å². The minimum atomic E-state index is -1.48. The fourth-order valence-corrected chi connectivity index (χ4v) is 3.46. The molecule has 156 valence electrons. The Morgan fingerprint density at radius 3 is 2.14 bits per heavy atom. The summed E-state index contributed by atoms with van der Waals surface area (Å²) >= 11 is 0. The number of aliphatic hydroxyl groups excluding tert-OH is 4. The molecule has 1 aliphatic rings. The summed E-state index contributed by atoms with van der Waals surface area (Å²) in [6, 6.07) is 14.6. The fourth-order valence-electron chi connectivity index (χ4n) is 3.46. The maximum atomic E-state index is 12.2. The smallest absolute Gasteiger partial charge is 0.230 e. The molecule has 0 aromatic heterocycles. The van der Waals surface area contributed by atoms with Crippen LogP contribution in [0.15, 0.2) is 48.5 Å². The summed E-state index contributed by atoms with van der Waals surface area (Å²) in [6.07, 6.45) is 0.239. The number of carbonyl (C=O) groups excluding carboxylic acids is 1. The van der Waals surface area contributed by atoms with E-state index in [1.807, 2.05) is 24.3 Å². The van der Waals surface area contributed by atoms with Crippen LogP contribution in [0.5, 0.6) is 0 Å². The normalized spacial score (nSPS) is 17.9. The van der Waals surface area contributed by atoms with Crippen LogP contribution in [0.25, 0.3) is 0 Å². The molecular weight excluding hydrogens is 374 g/mol. The monoisotopic (exact) mass is 401 g/mol. The van der Waals surface area contributed by atoms with Gasteiger partial charge in [-0.05, 0) is 41.7 Å². The van der Waals surface area contributed by atoms with Crippen molar-refractivity contribution < 1.29 is 30.3 Å². The van der Waals surface area contributed by atoms with E-state index in [1.165, 1.54) is 0 Å². The van der Waals surface area contributed by atoms with Crippen molar-refractivity contribution in [2.75, 3.05) is 24.7 Å². The van der Waals surface area contributed by atoms with Gasteiger partial charge >= 0.3 is 0 Å². The van der Waals surface area contributed by atoms with E-state index in [4.69, 9.17) is 15.3 Å². The highest BCUT2D eigenvalue weighted by Gasteiger charge is 2.38. The maximum Gasteiger partial charge on any atom is 0.230 e. The van der Waals surface area contributed by atoms with Crippen molar-refractivity contribution in [2.45, 2.75) is 37.0 Å². The molecule has 0 bridgehead atoms. The first-order valence-corrected chi connectivity index (χ1v) is 9.64. The van der Waals surface area contributed by atoms with E-state index in [1.54, 1.807) is 29.2 Å². The fraction of sp³-hybridized carbons (Fsp3) is 0.409. The molecule has 2 aromatic rings. The lowest BCUT2D eigenvalue weighted by Crippen LogP contribution is -2.46. The van der Waals surface area contributed by atoms with Gasteiger partial charge in [-0.15, -0.1) is 0 Å². The number of hydrogen-bond donors (Lipinski definition) is 5. The summed E-state index contributed by atoms with van der Waals surface area (Å²) in [7, 11) is 0. The van der Waals surface area contributed by atoms with Gasteiger partial charge in [-0.3, -0.25) is 4.79 Å². The lowest BCUT2D eigenvalue weighted by molar-refractivity contribution is -0.124. The van der Waals surface area contributed by atoms with Crippen LogP contribution in [0.3, 0.4) is 0 Å². The van der Waals surface area contributed by atoms with Gasteiger partial charge in [0.1, 0.15) is 11.7 Å². The second kappa shape index (κ2) is 9.02. The zero-order valence-electron chi connectivity index (χ0n) is 16.1. The van der Waals surface area contributed by atoms with Gasteiger partial charge in [-0.2, -0.15) is 0 Å². The van der Waals surface area contributed by atoms with Crippen molar-refractivity contribution in [2.24, 2.45) is 0 Å². The average molecular weight is 401 g/mol. The molecule has 0 saturated carbocycles. The molecule has 1 amide bonds. The van der Waals surface area contributed by atoms with Crippen LogP contribution in [0.1, 0.15) is 41.7 Å². The molecule has 1 aliphatic heterocycles. The number of amides is 1. The third-order valence-electron chi connectivity index (χ3n) is 5.51. The standard InChI is InChI=1S/C22H27NO6/c24-12-20(27)17-5-7-18(8-6-17)23-19(11-21(23)28)16-3-1-15(2-4-16)9-10-22(29,13-25)14-26/h1-8,19-20,24-27,29H,9-14H2. The van der Waals surface area contributed by atoms with Crippen LogP contribution in [0.4, 0.5) is 5.69 Å². The molecule has 7 heteroatoms. The first-order valence-electron chi connectivity index (χ1n) is 9.64. The van der Waals surface area contributed by atoms with E-state index in [9.17, 15) is 15.0 Å². The molecule has 2 aromatic carbocycles. The quantitative estimate of drug-likeness (QED) is 0.397. The zero-order valence-corrected chi connectivity index (χ0v) is 16.1. The van der Waals surface area contributed by atoms with E-state index in [0.29, 0.717) is 18.4 Å². The Kier molecular flexibility index (Phi) is 6.66. The van der Waals surface area contributed by atoms with Gasteiger partial charge in [-0.1, -0.05) is 36.4 Å². The maximum absolute atomic E-state index is 12.2. The van der Waals surface area contributed by atoms with Crippen LogP contribution < -0.4 is 4.90 Å². The summed E-state index contributed by atoms with van der Waals surface area (Å²) < 4.78 is 0. The van der Waals surface area contributed by atoms with Crippen molar-refractivity contribution in [1.29, 1.82) is 0 Å². The molecule has 0 spiro atoms. The molecule has 0 radical (unpaired) electrons. The predicted octanol–water partition coefficient (Wildman–Crippen LogP) is 0.839. The molecule has 0 aliphatic carbocycles. The van der Waals surface area contributed by atoms with Gasteiger partial charge < -0.3 is 30.4 Å². The van der Waals surface area contributed by atoms with Gasteiger partial charge in [0, 0.05) is 5.69 Å². The van der Waals surface area contributed by atoms with Gasteiger partial charge in [-0.25, -0.2) is 0 Å². The third kappa shape index (κ3) is 4.66. The number of β-lactam (4-membered cyclic amide) rings is 1. The van der Waals surface area contributed by atoms with Crippen molar-refractivity contribution in [3.63, 3.8) is 0 Å². The van der Waals surface area contributed by atoms with Crippen LogP contribution in [-0.4, -0.2) is 56.9 Å². The highest BCUT2D eigenvalue weighted by molar-refractivity contribution is 6.01. The van der Waals surface area contributed by atoms with Crippen molar-refractivity contribution in [3.05, 3.63) is 65.2 Å². The molecule has 5 N–H and O–H groups in total. The lowest BCUT2D eigenvalue weighted by Gasteiger charge is -2.41.